The highest BCUT2D eigenvalue weighted by atomic mass is 79.9. The third kappa shape index (κ3) is 1.95. The Morgan fingerprint density at radius 1 is 1.50 bits per heavy atom. The largest absolute Gasteiger partial charge is 0.331 e. The van der Waals surface area contributed by atoms with Crippen LogP contribution in [0.4, 0.5) is 0 Å². The summed E-state index contributed by atoms with van der Waals surface area (Å²) in [5, 5.41) is 6.49. The smallest absolute Gasteiger partial charge is 0.257 e. The number of benzene rings is 1. The molecule has 1 aliphatic rings. The van der Waals surface area contributed by atoms with Crippen molar-refractivity contribution < 1.29 is 4.79 Å². The Morgan fingerprint density at radius 2 is 2.39 bits per heavy atom. The Balaban J connectivity index is 1.82. The molecule has 1 aliphatic heterocycles. The Kier molecular flexibility index (Phi) is 2.91. The minimum atomic E-state index is 0.0416. The molecule has 18 heavy (non-hydrogen) atoms. The van der Waals surface area contributed by atoms with E-state index in [1.165, 1.54) is 5.56 Å². The molecule has 0 spiro atoms. The number of hydrogen-bond donors (Lipinski definition) is 1. The topological polar surface area (TPSA) is 49.0 Å². The number of hydrogen-bond acceptors (Lipinski definition) is 2. The molecule has 1 N–H and O–H groups in total. The number of aromatic amines is 1. The lowest BCUT2D eigenvalue weighted by molar-refractivity contribution is 0.0460. The third-order valence-electron chi connectivity index (χ3n) is 3.26. The summed E-state index contributed by atoms with van der Waals surface area (Å²) in [6, 6.07) is 8.30. The molecule has 1 saturated heterocycles. The van der Waals surface area contributed by atoms with Gasteiger partial charge in [0.1, 0.15) is 0 Å². The summed E-state index contributed by atoms with van der Waals surface area (Å²) in [6.07, 6.45) is 4.22. The lowest BCUT2D eigenvalue weighted by atomic mass is 9.94. The molecule has 1 amide bonds. The minimum Gasteiger partial charge on any atom is -0.331 e. The van der Waals surface area contributed by atoms with Crippen LogP contribution in [0.1, 0.15) is 28.4 Å². The SMILES string of the molecule is O=C(c1cn[nH]c1)N1CCC1c1cccc(Br)c1. The van der Waals surface area contributed by atoms with Gasteiger partial charge in [0, 0.05) is 17.2 Å². The van der Waals surface area contributed by atoms with Crippen molar-refractivity contribution in [3.8, 4) is 0 Å². The van der Waals surface area contributed by atoms with E-state index in [1.807, 2.05) is 17.0 Å². The molecule has 1 aromatic carbocycles. The Labute approximate surface area is 113 Å². The summed E-state index contributed by atoms with van der Waals surface area (Å²) in [7, 11) is 0. The van der Waals surface area contributed by atoms with Crippen LogP contribution in [-0.2, 0) is 0 Å². The second kappa shape index (κ2) is 4.57. The first-order chi connectivity index (χ1) is 8.75. The van der Waals surface area contributed by atoms with Crippen LogP contribution in [0.3, 0.4) is 0 Å². The quantitative estimate of drug-likeness (QED) is 0.927. The zero-order valence-electron chi connectivity index (χ0n) is 9.64. The van der Waals surface area contributed by atoms with Crippen molar-refractivity contribution in [2.75, 3.05) is 6.54 Å². The summed E-state index contributed by atoms with van der Waals surface area (Å²) in [4.78, 5) is 14.1. The maximum absolute atomic E-state index is 12.2. The Hall–Kier alpha value is -1.62. The first-order valence-electron chi connectivity index (χ1n) is 5.81. The average molecular weight is 306 g/mol. The van der Waals surface area contributed by atoms with E-state index in [4.69, 9.17) is 0 Å². The second-order valence-corrected chi connectivity index (χ2v) is 5.26. The highest BCUT2D eigenvalue weighted by Gasteiger charge is 2.34. The van der Waals surface area contributed by atoms with Crippen LogP contribution in [0.25, 0.3) is 0 Å². The molecule has 0 saturated carbocycles. The fraction of sp³-hybridized carbons (Fsp3) is 0.231. The van der Waals surface area contributed by atoms with Gasteiger partial charge in [-0.15, -0.1) is 0 Å². The molecular weight excluding hydrogens is 294 g/mol. The molecule has 2 aromatic rings. The van der Waals surface area contributed by atoms with Gasteiger partial charge in [0.15, 0.2) is 0 Å². The normalized spacial score (nSPS) is 18.5. The van der Waals surface area contributed by atoms with Crippen molar-refractivity contribution in [1.29, 1.82) is 0 Å². The summed E-state index contributed by atoms with van der Waals surface area (Å²) in [5.41, 5.74) is 1.79. The van der Waals surface area contributed by atoms with Crippen molar-refractivity contribution >= 4 is 21.8 Å². The summed E-state index contributed by atoms with van der Waals surface area (Å²) >= 11 is 3.46. The molecule has 1 atom stereocenters. The van der Waals surface area contributed by atoms with Gasteiger partial charge in [0.2, 0.25) is 0 Å². The maximum Gasteiger partial charge on any atom is 0.257 e. The van der Waals surface area contributed by atoms with Crippen LogP contribution >= 0.6 is 15.9 Å². The van der Waals surface area contributed by atoms with E-state index in [9.17, 15) is 4.79 Å². The predicted octanol–water partition coefficient (Wildman–Crippen LogP) is 2.76. The number of nitrogens with one attached hydrogen (secondary N) is 1. The maximum atomic E-state index is 12.2. The molecule has 4 nitrogen and oxygen atoms in total. The van der Waals surface area contributed by atoms with E-state index in [1.54, 1.807) is 12.4 Å². The summed E-state index contributed by atoms with van der Waals surface area (Å²) < 4.78 is 1.04. The number of aromatic nitrogens is 2. The number of carbonyl (C=O) groups excluding carboxylic acids is 1. The van der Waals surface area contributed by atoms with Gasteiger partial charge >= 0.3 is 0 Å². The number of amides is 1. The van der Waals surface area contributed by atoms with E-state index in [0.29, 0.717) is 5.56 Å². The molecule has 0 aliphatic carbocycles. The monoisotopic (exact) mass is 305 g/mol. The number of rotatable bonds is 2. The van der Waals surface area contributed by atoms with E-state index in [-0.39, 0.29) is 11.9 Å². The van der Waals surface area contributed by atoms with E-state index in [2.05, 4.69) is 38.3 Å². The number of H-pyrrole nitrogens is 1. The van der Waals surface area contributed by atoms with Crippen molar-refractivity contribution in [1.82, 2.24) is 15.1 Å². The molecule has 92 valence electrons. The van der Waals surface area contributed by atoms with Gasteiger partial charge in [0.25, 0.3) is 5.91 Å². The van der Waals surface area contributed by atoms with Crippen molar-refractivity contribution in [2.45, 2.75) is 12.5 Å². The zero-order valence-corrected chi connectivity index (χ0v) is 11.2. The highest BCUT2D eigenvalue weighted by Crippen LogP contribution is 2.35. The van der Waals surface area contributed by atoms with E-state index in [0.717, 1.165) is 17.4 Å². The Bertz CT molecular complexity index is 567. The molecule has 5 heteroatoms. The molecular formula is C13H12BrN3O. The van der Waals surface area contributed by atoms with Crippen LogP contribution in [-0.4, -0.2) is 27.5 Å². The lowest BCUT2D eigenvalue weighted by Crippen LogP contribution is -2.45. The fourth-order valence-corrected chi connectivity index (χ4v) is 2.64. The van der Waals surface area contributed by atoms with Gasteiger partial charge in [-0.1, -0.05) is 28.1 Å². The predicted molar refractivity (Wildman–Crippen MR) is 71.1 cm³/mol. The van der Waals surface area contributed by atoms with Gasteiger partial charge in [-0.25, -0.2) is 0 Å². The standard InChI is InChI=1S/C13H12BrN3O/c14-11-3-1-2-9(6-11)12-4-5-17(12)13(18)10-7-15-16-8-10/h1-3,6-8,12H,4-5H2,(H,15,16). The van der Waals surface area contributed by atoms with Crippen LogP contribution in [0.15, 0.2) is 41.1 Å². The Morgan fingerprint density at radius 3 is 3.00 bits per heavy atom. The van der Waals surface area contributed by atoms with Crippen molar-refractivity contribution in [3.63, 3.8) is 0 Å². The third-order valence-corrected chi connectivity index (χ3v) is 3.75. The number of likely N-dealkylation sites (tertiary alicyclic amines) is 1. The summed E-state index contributed by atoms with van der Waals surface area (Å²) in [6.45, 7) is 0.807. The molecule has 1 unspecified atom stereocenters. The van der Waals surface area contributed by atoms with Crippen molar-refractivity contribution in [3.05, 3.63) is 52.3 Å². The van der Waals surface area contributed by atoms with Gasteiger partial charge in [-0.05, 0) is 24.1 Å². The molecule has 3 rings (SSSR count). The first-order valence-corrected chi connectivity index (χ1v) is 6.60. The fourth-order valence-electron chi connectivity index (χ4n) is 2.22. The summed E-state index contributed by atoms with van der Waals surface area (Å²) in [5.74, 6) is 0.0416. The second-order valence-electron chi connectivity index (χ2n) is 4.35. The number of halogens is 1. The first kappa shape index (κ1) is 11.5. The average Bonchev–Trinajstić information content (AvgIpc) is 2.80. The van der Waals surface area contributed by atoms with Crippen LogP contribution in [0.5, 0.6) is 0 Å². The zero-order chi connectivity index (χ0) is 12.5. The van der Waals surface area contributed by atoms with Crippen LogP contribution in [0.2, 0.25) is 0 Å². The molecule has 1 fully saturated rings. The lowest BCUT2D eigenvalue weighted by Gasteiger charge is -2.41. The van der Waals surface area contributed by atoms with Crippen LogP contribution < -0.4 is 0 Å². The molecule has 1 aromatic heterocycles. The van der Waals surface area contributed by atoms with Gasteiger partial charge in [0.05, 0.1) is 17.8 Å². The van der Waals surface area contributed by atoms with E-state index < -0.39 is 0 Å². The molecule has 0 radical (unpaired) electrons. The van der Waals surface area contributed by atoms with Gasteiger partial charge in [-0.2, -0.15) is 5.10 Å². The highest BCUT2D eigenvalue weighted by molar-refractivity contribution is 9.10. The van der Waals surface area contributed by atoms with Crippen LogP contribution in [0, 0.1) is 0 Å². The number of nitrogens with zero attached hydrogens (tertiary/aromatic N) is 2. The minimum absolute atomic E-state index is 0.0416. The molecule has 0 bridgehead atoms. The number of carbonyl (C=O) groups is 1. The van der Waals surface area contributed by atoms with E-state index >= 15 is 0 Å². The van der Waals surface area contributed by atoms with Gasteiger partial charge < -0.3 is 4.90 Å². The molecule has 2 heterocycles. The van der Waals surface area contributed by atoms with Gasteiger partial charge in [-0.3, -0.25) is 9.89 Å². The van der Waals surface area contributed by atoms with Crippen molar-refractivity contribution in [2.24, 2.45) is 0 Å².